The van der Waals surface area contributed by atoms with Crippen LogP contribution >= 0.6 is 11.8 Å². The van der Waals surface area contributed by atoms with Crippen LogP contribution in [0.25, 0.3) is 0 Å². The van der Waals surface area contributed by atoms with Gasteiger partial charge in [-0.15, -0.1) is 0 Å². The molecule has 0 radical (unpaired) electrons. The second-order valence-electron chi connectivity index (χ2n) is 4.61. The van der Waals surface area contributed by atoms with Crippen LogP contribution in [0.4, 0.5) is 0 Å². The van der Waals surface area contributed by atoms with Gasteiger partial charge in [0.05, 0.1) is 0 Å². The van der Waals surface area contributed by atoms with Crippen molar-refractivity contribution < 1.29 is 0 Å². The maximum absolute atomic E-state index is 5.73. The summed E-state index contributed by atoms with van der Waals surface area (Å²) in [6.07, 6.45) is 1.34. The topological polar surface area (TPSA) is 29.3 Å². The van der Waals surface area contributed by atoms with Gasteiger partial charge in [0.15, 0.2) is 0 Å². The summed E-state index contributed by atoms with van der Waals surface area (Å²) in [7, 11) is 0. The molecule has 0 aliphatic carbocycles. The summed E-state index contributed by atoms with van der Waals surface area (Å²) in [5.74, 6) is 2.63. The van der Waals surface area contributed by atoms with Crippen LogP contribution < -0.4 is 5.73 Å². The lowest BCUT2D eigenvalue weighted by Gasteiger charge is -2.30. The minimum Gasteiger partial charge on any atom is -0.330 e. The molecule has 0 unspecified atom stereocenters. The fourth-order valence-electron chi connectivity index (χ4n) is 1.63. The summed E-state index contributed by atoms with van der Waals surface area (Å²) in [5, 5.41) is 0. The zero-order chi connectivity index (χ0) is 9.73. The monoisotopic (exact) mass is 202 g/mol. The largest absolute Gasteiger partial charge is 0.330 e. The van der Waals surface area contributed by atoms with Crippen LogP contribution in [-0.4, -0.2) is 42.6 Å². The molecular weight excluding hydrogens is 180 g/mol. The smallest absolute Gasteiger partial charge is 0.00726 e. The second-order valence-corrected chi connectivity index (χ2v) is 5.84. The van der Waals surface area contributed by atoms with Gasteiger partial charge in [-0.3, -0.25) is 0 Å². The minimum absolute atomic E-state index is 0.287. The Bertz CT molecular complexity index is 140. The van der Waals surface area contributed by atoms with Crippen molar-refractivity contribution >= 4 is 11.8 Å². The normalized spacial score (nSPS) is 21.5. The lowest BCUT2D eigenvalue weighted by Crippen LogP contribution is -2.39. The molecule has 1 heterocycles. The third-order valence-electron chi connectivity index (χ3n) is 2.52. The Morgan fingerprint density at radius 1 is 1.31 bits per heavy atom. The van der Waals surface area contributed by atoms with Crippen molar-refractivity contribution in [3.05, 3.63) is 0 Å². The van der Waals surface area contributed by atoms with Crippen molar-refractivity contribution in [3.8, 4) is 0 Å². The number of rotatable bonds is 3. The molecule has 13 heavy (non-hydrogen) atoms. The van der Waals surface area contributed by atoms with Crippen molar-refractivity contribution in [2.24, 2.45) is 11.1 Å². The first-order chi connectivity index (χ1) is 6.14. The molecule has 1 saturated heterocycles. The summed E-state index contributed by atoms with van der Waals surface area (Å²) in [4.78, 5) is 2.56. The molecule has 1 aliphatic heterocycles. The summed E-state index contributed by atoms with van der Waals surface area (Å²) >= 11 is 2.08. The standard InChI is InChI=1S/C10H22N2S/c1-10(2,8-11)9-12-4-3-6-13-7-5-12/h3-9,11H2,1-2H3. The van der Waals surface area contributed by atoms with Gasteiger partial charge in [-0.2, -0.15) is 11.8 Å². The molecule has 78 valence electrons. The zero-order valence-corrected chi connectivity index (χ0v) is 9.70. The van der Waals surface area contributed by atoms with Crippen LogP contribution in [0.3, 0.4) is 0 Å². The van der Waals surface area contributed by atoms with E-state index in [0.29, 0.717) is 0 Å². The van der Waals surface area contributed by atoms with Gasteiger partial charge in [0, 0.05) is 18.8 Å². The van der Waals surface area contributed by atoms with E-state index in [1.165, 1.54) is 31.0 Å². The highest BCUT2D eigenvalue weighted by atomic mass is 32.2. The highest BCUT2D eigenvalue weighted by Gasteiger charge is 2.20. The van der Waals surface area contributed by atoms with E-state index >= 15 is 0 Å². The molecule has 0 aromatic rings. The molecule has 0 atom stereocenters. The minimum atomic E-state index is 0.287. The van der Waals surface area contributed by atoms with E-state index in [4.69, 9.17) is 5.73 Å². The first-order valence-electron chi connectivity index (χ1n) is 5.14. The van der Waals surface area contributed by atoms with E-state index in [1.54, 1.807) is 0 Å². The summed E-state index contributed by atoms with van der Waals surface area (Å²) < 4.78 is 0. The molecule has 0 bridgehead atoms. The maximum Gasteiger partial charge on any atom is 0.00726 e. The molecule has 1 rings (SSSR count). The fourth-order valence-corrected chi connectivity index (χ4v) is 2.55. The second kappa shape index (κ2) is 5.23. The average Bonchev–Trinajstić information content (AvgIpc) is 2.32. The van der Waals surface area contributed by atoms with E-state index < -0.39 is 0 Å². The number of hydrogen-bond donors (Lipinski definition) is 1. The molecule has 2 nitrogen and oxygen atoms in total. The molecule has 0 aromatic heterocycles. The molecule has 1 fully saturated rings. The van der Waals surface area contributed by atoms with Crippen LogP contribution in [-0.2, 0) is 0 Å². The lowest BCUT2D eigenvalue weighted by molar-refractivity contribution is 0.194. The highest BCUT2D eigenvalue weighted by Crippen LogP contribution is 2.17. The van der Waals surface area contributed by atoms with Crippen LogP contribution in [0.2, 0.25) is 0 Å². The molecule has 0 aromatic carbocycles. The van der Waals surface area contributed by atoms with E-state index in [0.717, 1.165) is 13.1 Å². The fraction of sp³-hybridized carbons (Fsp3) is 1.00. The van der Waals surface area contributed by atoms with Gasteiger partial charge in [0.2, 0.25) is 0 Å². The Morgan fingerprint density at radius 2 is 2.08 bits per heavy atom. The molecule has 1 aliphatic rings. The third kappa shape index (κ3) is 4.34. The van der Waals surface area contributed by atoms with Gasteiger partial charge in [-0.1, -0.05) is 13.8 Å². The molecule has 0 amide bonds. The molecule has 3 heteroatoms. The number of hydrogen-bond acceptors (Lipinski definition) is 3. The highest BCUT2D eigenvalue weighted by molar-refractivity contribution is 7.99. The Balaban J connectivity index is 2.33. The van der Waals surface area contributed by atoms with Crippen LogP contribution in [0, 0.1) is 5.41 Å². The van der Waals surface area contributed by atoms with Gasteiger partial charge >= 0.3 is 0 Å². The molecular formula is C10H22N2S. The van der Waals surface area contributed by atoms with Gasteiger partial charge in [-0.25, -0.2) is 0 Å². The summed E-state index contributed by atoms with van der Waals surface area (Å²) in [6, 6.07) is 0. The average molecular weight is 202 g/mol. The van der Waals surface area contributed by atoms with E-state index in [-0.39, 0.29) is 5.41 Å². The number of nitrogens with zero attached hydrogens (tertiary/aromatic N) is 1. The van der Waals surface area contributed by atoms with Gasteiger partial charge in [0.25, 0.3) is 0 Å². The van der Waals surface area contributed by atoms with E-state index in [2.05, 4.69) is 30.5 Å². The number of nitrogens with two attached hydrogens (primary N) is 1. The van der Waals surface area contributed by atoms with Crippen LogP contribution in [0.5, 0.6) is 0 Å². The first kappa shape index (κ1) is 11.3. The Morgan fingerprint density at radius 3 is 2.77 bits per heavy atom. The Kier molecular flexibility index (Phi) is 4.56. The summed E-state index contributed by atoms with van der Waals surface area (Å²) in [6.45, 7) is 8.96. The molecule has 2 N–H and O–H groups in total. The van der Waals surface area contributed by atoms with Crippen molar-refractivity contribution in [2.45, 2.75) is 20.3 Å². The molecule has 0 spiro atoms. The zero-order valence-electron chi connectivity index (χ0n) is 8.88. The van der Waals surface area contributed by atoms with Gasteiger partial charge in [-0.05, 0) is 30.7 Å². The first-order valence-corrected chi connectivity index (χ1v) is 6.30. The molecule has 0 saturated carbocycles. The summed E-state index contributed by atoms with van der Waals surface area (Å²) in [5.41, 5.74) is 6.02. The van der Waals surface area contributed by atoms with E-state index in [9.17, 15) is 0 Å². The number of thioether (sulfide) groups is 1. The van der Waals surface area contributed by atoms with Crippen molar-refractivity contribution in [3.63, 3.8) is 0 Å². The van der Waals surface area contributed by atoms with Crippen LogP contribution in [0.15, 0.2) is 0 Å². The van der Waals surface area contributed by atoms with Crippen molar-refractivity contribution in [1.29, 1.82) is 0 Å². The predicted molar refractivity (Wildman–Crippen MR) is 61.2 cm³/mol. The van der Waals surface area contributed by atoms with Gasteiger partial charge in [0.1, 0.15) is 0 Å². The van der Waals surface area contributed by atoms with Crippen molar-refractivity contribution in [1.82, 2.24) is 4.90 Å². The SMILES string of the molecule is CC(C)(CN)CN1CCCSCC1. The lowest BCUT2D eigenvalue weighted by atomic mass is 9.93. The predicted octanol–water partition coefficient (Wildman–Crippen LogP) is 1.41. The van der Waals surface area contributed by atoms with Gasteiger partial charge < -0.3 is 10.6 Å². The Hall–Kier alpha value is 0.270. The van der Waals surface area contributed by atoms with E-state index in [1.807, 2.05) is 0 Å². The Labute approximate surface area is 86.2 Å². The van der Waals surface area contributed by atoms with Crippen LogP contribution in [0.1, 0.15) is 20.3 Å². The maximum atomic E-state index is 5.73. The van der Waals surface area contributed by atoms with Crippen molar-refractivity contribution in [2.75, 3.05) is 37.7 Å². The third-order valence-corrected chi connectivity index (χ3v) is 3.57. The quantitative estimate of drug-likeness (QED) is 0.750.